The largest absolute Gasteiger partial charge is 0.469 e. The highest BCUT2D eigenvalue weighted by molar-refractivity contribution is 9.10. The molecule has 0 amide bonds. The van der Waals surface area contributed by atoms with Gasteiger partial charge in [0.05, 0.1) is 18.0 Å². The molecule has 0 aromatic heterocycles. The lowest BCUT2D eigenvalue weighted by molar-refractivity contribution is -0.139. The first-order valence-electron chi connectivity index (χ1n) is 4.86. The molecule has 1 aromatic carbocycles. The molecule has 7 heteroatoms. The van der Waals surface area contributed by atoms with Crippen LogP contribution >= 0.6 is 31.9 Å². The lowest BCUT2D eigenvalue weighted by Gasteiger charge is -2.12. The third kappa shape index (κ3) is 4.20. The van der Waals surface area contributed by atoms with Crippen LogP contribution in [0.4, 0.5) is 8.78 Å². The number of rotatable bonds is 5. The van der Waals surface area contributed by atoms with E-state index in [2.05, 4.69) is 41.3 Å². The average molecular weight is 388 g/mol. The molecule has 0 spiro atoms. The summed E-state index contributed by atoms with van der Waals surface area (Å²) in [7, 11) is 1.27. The summed E-state index contributed by atoms with van der Waals surface area (Å²) in [4.78, 5) is 11.2. The molecular formula is C11H10Br2F2O3. The van der Waals surface area contributed by atoms with E-state index < -0.39 is 12.6 Å². The van der Waals surface area contributed by atoms with Gasteiger partial charge in [-0.05, 0) is 33.1 Å². The number of hydrogen-bond donors (Lipinski definition) is 0. The molecule has 100 valence electrons. The second kappa shape index (κ2) is 7.04. The second-order valence-corrected chi connectivity index (χ2v) is 4.69. The molecule has 0 atom stereocenters. The van der Waals surface area contributed by atoms with Gasteiger partial charge in [-0.25, -0.2) is 0 Å². The lowest BCUT2D eigenvalue weighted by atomic mass is 10.1. The highest BCUT2D eigenvalue weighted by Gasteiger charge is 2.15. The predicted octanol–water partition coefficient (Wildman–Crippen LogP) is 3.66. The van der Waals surface area contributed by atoms with E-state index in [4.69, 9.17) is 0 Å². The molecule has 0 aliphatic rings. The first kappa shape index (κ1) is 15.4. The van der Waals surface area contributed by atoms with Crippen LogP contribution in [0, 0.1) is 0 Å². The third-order valence-corrected chi connectivity index (χ3v) is 3.65. The summed E-state index contributed by atoms with van der Waals surface area (Å²) in [5, 5.41) is 0.466. The average Bonchev–Trinajstić information content (AvgIpc) is 2.33. The van der Waals surface area contributed by atoms with E-state index in [1.807, 2.05) is 0 Å². The van der Waals surface area contributed by atoms with Crippen molar-refractivity contribution in [3.8, 4) is 5.75 Å². The zero-order valence-electron chi connectivity index (χ0n) is 9.38. The smallest absolute Gasteiger partial charge is 0.387 e. The summed E-state index contributed by atoms with van der Waals surface area (Å²) >= 11 is 6.37. The van der Waals surface area contributed by atoms with Crippen molar-refractivity contribution < 1.29 is 23.0 Å². The molecule has 0 heterocycles. The number of halogens is 4. The normalized spacial score (nSPS) is 10.6. The number of carbonyl (C=O) groups excluding carboxylic acids is 1. The van der Waals surface area contributed by atoms with E-state index in [1.54, 1.807) is 6.07 Å². The molecule has 3 nitrogen and oxygen atoms in total. The highest BCUT2D eigenvalue weighted by Crippen LogP contribution is 2.32. The van der Waals surface area contributed by atoms with E-state index in [1.165, 1.54) is 13.2 Å². The van der Waals surface area contributed by atoms with Crippen molar-refractivity contribution in [2.45, 2.75) is 18.4 Å². The van der Waals surface area contributed by atoms with Crippen LogP contribution in [0.1, 0.15) is 11.1 Å². The highest BCUT2D eigenvalue weighted by atomic mass is 79.9. The van der Waals surface area contributed by atoms with E-state index in [9.17, 15) is 13.6 Å². The Hall–Kier alpha value is -0.690. The van der Waals surface area contributed by atoms with Gasteiger partial charge in [-0.3, -0.25) is 4.79 Å². The molecule has 1 aromatic rings. The van der Waals surface area contributed by atoms with Gasteiger partial charge in [0.15, 0.2) is 0 Å². The molecule has 0 bridgehead atoms. The fourth-order valence-corrected chi connectivity index (χ4v) is 2.12. The number of esters is 1. The summed E-state index contributed by atoms with van der Waals surface area (Å²) in [6.07, 6.45) is -0.0163. The Morgan fingerprint density at radius 1 is 1.44 bits per heavy atom. The summed E-state index contributed by atoms with van der Waals surface area (Å²) in [5.74, 6) is -0.453. The number of carbonyl (C=O) groups is 1. The van der Waals surface area contributed by atoms with Gasteiger partial charge >= 0.3 is 12.6 Å². The molecule has 0 aliphatic carbocycles. The molecule has 0 unspecified atom stereocenters. The number of hydrogen-bond acceptors (Lipinski definition) is 3. The van der Waals surface area contributed by atoms with Gasteiger partial charge in [-0.1, -0.05) is 22.0 Å². The molecule has 18 heavy (non-hydrogen) atoms. The third-order valence-electron chi connectivity index (χ3n) is 2.11. The quantitative estimate of drug-likeness (QED) is 0.571. The predicted molar refractivity (Wildman–Crippen MR) is 69.1 cm³/mol. The maximum absolute atomic E-state index is 12.3. The maximum atomic E-state index is 12.3. The van der Waals surface area contributed by atoms with Gasteiger partial charge in [-0.15, -0.1) is 0 Å². The Morgan fingerprint density at radius 2 is 2.11 bits per heavy atom. The number of methoxy groups -OCH3 is 1. The topological polar surface area (TPSA) is 35.5 Å². The monoisotopic (exact) mass is 386 g/mol. The maximum Gasteiger partial charge on any atom is 0.387 e. The van der Waals surface area contributed by atoms with Crippen LogP contribution in [0.2, 0.25) is 0 Å². The fraction of sp³-hybridized carbons (Fsp3) is 0.364. The minimum absolute atomic E-state index is 0.000790. The fourth-order valence-electron chi connectivity index (χ4n) is 1.33. The van der Waals surface area contributed by atoms with Gasteiger partial charge < -0.3 is 9.47 Å². The van der Waals surface area contributed by atoms with Gasteiger partial charge in [0, 0.05) is 5.33 Å². The van der Waals surface area contributed by atoms with Crippen molar-refractivity contribution in [1.29, 1.82) is 0 Å². The van der Waals surface area contributed by atoms with Crippen LogP contribution in [0.15, 0.2) is 16.6 Å². The summed E-state index contributed by atoms with van der Waals surface area (Å²) in [5.41, 5.74) is 1.27. The van der Waals surface area contributed by atoms with Crippen LogP contribution in [0.25, 0.3) is 0 Å². The van der Waals surface area contributed by atoms with E-state index in [-0.39, 0.29) is 12.2 Å². The van der Waals surface area contributed by atoms with Gasteiger partial charge in [-0.2, -0.15) is 8.78 Å². The SMILES string of the molecule is COC(=O)Cc1cc(CBr)cc(OC(F)F)c1Br. The van der Waals surface area contributed by atoms with E-state index >= 15 is 0 Å². The van der Waals surface area contributed by atoms with Gasteiger partial charge in [0.25, 0.3) is 0 Å². The second-order valence-electron chi connectivity index (χ2n) is 3.33. The zero-order chi connectivity index (χ0) is 13.7. The first-order valence-corrected chi connectivity index (χ1v) is 6.78. The van der Waals surface area contributed by atoms with Crippen molar-refractivity contribution in [1.82, 2.24) is 0 Å². The Bertz CT molecular complexity index is 439. The summed E-state index contributed by atoms with van der Waals surface area (Å²) in [6, 6.07) is 3.19. The van der Waals surface area contributed by atoms with Crippen molar-refractivity contribution in [2.24, 2.45) is 0 Å². The summed E-state index contributed by atoms with van der Waals surface area (Å²) < 4.78 is 33.8. The van der Waals surface area contributed by atoms with Crippen LogP contribution in [-0.2, 0) is 21.3 Å². The number of ether oxygens (including phenoxy) is 2. The first-order chi connectivity index (χ1) is 8.47. The molecule has 0 saturated heterocycles. The van der Waals surface area contributed by atoms with Crippen molar-refractivity contribution in [3.63, 3.8) is 0 Å². The molecule has 0 radical (unpaired) electrons. The number of benzene rings is 1. The Morgan fingerprint density at radius 3 is 2.61 bits per heavy atom. The van der Waals surface area contributed by atoms with E-state index in [0.717, 1.165) is 5.56 Å². The molecule has 0 fully saturated rings. The van der Waals surface area contributed by atoms with Crippen LogP contribution in [0.3, 0.4) is 0 Å². The van der Waals surface area contributed by atoms with Crippen LogP contribution < -0.4 is 4.74 Å². The van der Waals surface area contributed by atoms with Crippen LogP contribution in [0.5, 0.6) is 5.75 Å². The Kier molecular flexibility index (Phi) is 6.01. The van der Waals surface area contributed by atoms with Crippen molar-refractivity contribution in [2.75, 3.05) is 7.11 Å². The van der Waals surface area contributed by atoms with Crippen LogP contribution in [-0.4, -0.2) is 19.7 Å². The number of alkyl halides is 3. The van der Waals surface area contributed by atoms with Gasteiger partial charge in [0.1, 0.15) is 5.75 Å². The molecule has 0 N–H and O–H groups in total. The summed E-state index contributed by atoms with van der Waals surface area (Å²) in [6.45, 7) is -2.92. The molecule has 1 rings (SSSR count). The minimum atomic E-state index is -2.92. The Balaban J connectivity index is 3.11. The minimum Gasteiger partial charge on any atom is -0.469 e. The van der Waals surface area contributed by atoms with E-state index in [0.29, 0.717) is 15.4 Å². The Labute approximate surface area is 120 Å². The standard InChI is InChI=1S/C11H10Br2F2O3/c1-17-9(16)4-7-2-6(5-12)3-8(10(7)13)18-11(14)15/h2-3,11H,4-5H2,1H3. The zero-order valence-corrected chi connectivity index (χ0v) is 12.6. The molecule has 0 saturated carbocycles. The van der Waals surface area contributed by atoms with Crippen molar-refractivity contribution in [3.05, 3.63) is 27.7 Å². The van der Waals surface area contributed by atoms with Crippen molar-refractivity contribution >= 4 is 37.8 Å². The van der Waals surface area contributed by atoms with Gasteiger partial charge in [0.2, 0.25) is 0 Å². The molecular weight excluding hydrogens is 378 g/mol. The lowest BCUT2D eigenvalue weighted by Crippen LogP contribution is -2.08. The molecule has 0 aliphatic heterocycles.